The van der Waals surface area contributed by atoms with Gasteiger partial charge in [-0.2, -0.15) is 0 Å². The van der Waals surface area contributed by atoms with Crippen LogP contribution in [0.25, 0.3) is 10.9 Å². The maximum Gasteiger partial charge on any atom is 0.236 e. The van der Waals surface area contributed by atoms with Gasteiger partial charge < -0.3 is 5.11 Å². The lowest BCUT2D eigenvalue weighted by Gasteiger charge is -2.19. The van der Waals surface area contributed by atoms with Crippen molar-refractivity contribution in [2.24, 2.45) is 0 Å². The van der Waals surface area contributed by atoms with E-state index >= 15 is 0 Å². The molecule has 1 aliphatic rings. The van der Waals surface area contributed by atoms with E-state index in [1.54, 1.807) is 6.07 Å². The molecule has 0 amide bonds. The number of nitrogens with zero attached hydrogens (tertiary/aromatic N) is 1. The fourth-order valence-corrected chi connectivity index (χ4v) is 3.99. The maximum atomic E-state index is 12.0. The lowest BCUT2D eigenvalue weighted by molar-refractivity contribution is 0.157. The van der Waals surface area contributed by atoms with Gasteiger partial charge in [0.05, 0.1) is 17.9 Å². The van der Waals surface area contributed by atoms with Crippen molar-refractivity contribution in [2.45, 2.75) is 25.4 Å². The zero-order chi connectivity index (χ0) is 12.9. The van der Waals surface area contributed by atoms with Gasteiger partial charge >= 0.3 is 0 Å². The number of fused-ring (bicyclic) bond motifs is 3. The molecule has 0 spiro atoms. The smallest absolute Gasteiger partial charge is 0.236 e. The van der Waals surface area contributed by atoms with Crippen molar-refractivity contribution < 1.29 is 13.5 Å². The van der Waals surface area contributed by atoms with Gasteiger partial charge in [-0.1, -0.05) is 18.2 Å². The summed E-state index contributed by atoms with van der Waals surface area (Å²) in [6.45, 7) is 0. The molecule has 1 N–H and O–H groups in total. The molecule has 0 saturated heterocycles. The van der Waals surface area contributed by atoms with Gasteiger partial charge in [-0.25, -0.2) is 12.4 Å². The molecule has 0 aliphatic heterocycles. The monoisotopic (exact) mass is 265 g/mol. The van der Waals surface area contributed by atoms with Gasteiger partial charge in [0.1, 0.15) is 0 Å². The van der Waals surface area contributed by atoms with Crippen LogP contribution in [0, 0.1) is 0 Å². The summed E-state index contributed by atoms with van der Waals surface area (Å²) in [7, 11) is -3.35. The molecule has 1 aromatic heterocycles. The second-order valence-corrected chi connectivity index (χ2v) is 6.64. The van der Waals surface area contributed by atoms with Gasteiger partial charge in [-0.05, 0) is 25.3 Å². The molecule has 0 saturated carbocycles. The van der Waals surface area contributed by atoms with Crippen LogP contribution in [0.5, 0.6) is 0 Å². The van der Waals surface area contributed by atoms with Crippen LogP contribution >= 0.6 is 0 Å². The normalized spacial score (nSPS) is 20.0. The van der Waals surface area contributed by atoms with E-state index in [1.807, 2.05) is 18.2 Å². The highest BCUT2D eigenvalue weighted by Crippen LogP contribution is 2.38. The van der Waals surface area contributed by atoms with Gasteiger partial charge in [0.25, 0.3) is 0 Å². The number of aliphatic hydroxyl groups excluding tert-OH is 1. The third kappa shape index (κ3) is 1.58. The fourth-order valence-electron chi connectivity index (χ4n) is 2.88. The van der Waals surface area contributed by atoms with Crippen LogP contribution in [0.4, 0.5) is 0 Å². The number of para-hydroxylation sites is 1. The Morgan fingerprint density at radius 1 is 1.33 bits per heavy atom. The molecular weight excluding hydrogens is 250 g/mol. The lowest BCUT2D eigenvalue weighted by atomic mass is 9.93. The van der Waals surface area contributed by atoms with Crippen molar-refractivity contribution in [1.29, 1.82) is 0 Å². The number of aliphatic hydroxyl groups is 1. The zero-order valence-electron chi connectivity index (χ0n) is 10.1. The molecule has 2 aromatic rings. The summed E-state index contributed by atoms with van der Waals surface area (Å²) in [4.78, 5) is 0. The molecule has 0 radical (unpaired) electrons. The first kappa shape index (κ1) is 11.7. The predicted molar refractivity (Wildman–Crippen MR) is 70.1 cm³/mol. The highest BCUT2D eigenvalue weighted by atomic mass is 32.2. The third-order valence-corrected chi connectivity index (χ3v) is 4.61. The standard InChI is InChI=1S/C13H15NO3S/c1-18(16,17)14-10-6-3-2-5-9(10)13-11(14)7-4-8-12(13)15/h2-3,5-6,12,15H,4,7-8H2,1H3. The maximum absolute atomic E-state index is 12.0. The molecular formula is C13H15NO3S. The lowest BCUT2D eigenvalue weighted by Crippen LogP contribution is -2.17. The Morgan fingerprint density at radius 2 is 2.06 bits per heavy atom. The first-order valence-electron chi connectivity index (χ1n) is 6.01. The van der Waals surface area contributed by atoms with Gasteiger partial charge in [0, 0.05) is 16.6 Å². The highest BCUT2D eigenvalue weighted by molar-refractivity contribution is 7.89. The SMILES string of the molecule is CS(=O)(=O)n1c2c(c3ccccc31)C(O)CCC2. The number of aromatic nitrogens is 1. The van der Waals surface area contributed by atoms with Crippen LogP contribution in [-0.2, 0) is 16.4 Å². The molecule has 1 unspecified atom stereocenters. The summed E-state index contributed by atoms with van der Waals surface area (Å²) >= 11 is 0. The van der Waals surface area contributed by atoms with Crippen LogP contribution < -0.4 is 0 Å². The predicted octanol–water partition coefficient (Wildman–Crippen LogP) is 1.82. The first-order valence-corrected chi connectivity index (χ1v) is 7.86. The summed E-state index contributed by atoms with van der Waals surface area (Å²) in [5.41, 5.74) is 2.21. The second-order valence-electron chi connectivity index (χ2n) is 4.81. The van der Waals surface area contributed by atoms with Crippen molar-refractivity contribution >= 4 is 20.9 Å². The van der Waals surface area contributed by atoms with E-state index in [9.17, 15) is 13.5 Å². The van der Waals surface area contributed by atoms with E-state index in [0.717, 1.165) is 23.1 Å². The van der Waals surface area contributed by atoms with Gasteiger partial charge in [0.15, 0.2) is 0 Å². The van der Waals surface area contributed by atoms with Crippen molar-refractivity contribution in [3.8, 4) is 0 Å². The Balaban J connectivity index is 2.49. The summed E-state index contributed by atoms with van der Waals surface area (Å²) in [6, 6.07) is 7.37. The van der Waals surface area contributed by atoms with Crippen LogP contribution in [-0.4, -0.2) is 23.8 Å². The summed E-state index contributed by atoms with van der Waals surface area (Å²) in [5.74, 6) is 0. The Morgan fingerprint density at radius 3 is 2.78 bits per heavy atom. The van der Waals surface area contributed by atoms with Crippen molar-refractivity contribution in [3.63, 3.8) is 0 Å². The topological polar surface area (TPSA) is 59.3 Å². The molecule has 1 aliphatic carbocycles. The van der Waals surface area contributed by atoms with Crippen molar-refractivity contribution in [1.82, 2.24) is 3.97 Å². The minimum Gasteiger partial charge on any atom is -0.388 e. The molecule has 3 rings (SSSR count). The summed E-state index contributed by atoms with van der Waals surface area (Å²) < 4.78 is 25.3. The third-order valence-electron chi connectivity index (χ3n) is 3.53. The number of rotatable bonds is 1. The van der Waals surface area contributed by atoms with E-state index in [-0.39, 0.29) is 0 Å². The summed E-state index contributed by atoms with van der Waals surface area (Å²) in [5, 5.41) is 11.0. The Labute approximate surface area is 106 Å². The number of hydrogen-bond donors (Lipinski definition) is 1. The molecule has 1 atom stereocenters. The van der Waals surface area contributed by atoms with E-state index < -0.39 is 16.1 Å². The minimum absolute atomic E-state index is 0.554. The Kier molecular flexibility index (Phi) is 2.50. The van der Waals surface area contributed by atoms with Crippen LogP contribution in [0.1, 0.15) is 30.2 Å². The quantitative estimate of drug-likeness (QED) is 0.855. The molecule has 4 nitrogen and oxygen atoms in total. The van der Waals surface area contributed by atoms with Crippen molar-refractivity contribution in [3.05, 3.63) is 35.5 Å². The van der Waals surface area contributed by atoms with Gasteiger partial charge in [0.2, 0.25) is 10.0 Å². The highest BCUT2D eigenvalue weighted by Gasteiger charge is 2.28. The first-order chi connectivity index (χ1) is 8.50. The average Bonchev–Trinajstić information content (AvgIpc) is 2.63. The molecule has 5 heteroatoms. The van der Waals surface area contributed by atoms with Crippen LogP contribution in [0.2, 0.25) is 0 Å². The zero-order valence-corrected chi connectivity index (χ0v) is 10.9. The van der Waals surface area contributed by atoms with E-state index in [1.165, 1.54) is 10.2 Å². The number of benzene rings is 1. The van der Waals surface area contributed by atoms with E-state index in [0.29, 0.717) is 18.4 Å². The van der Waals surface area contributed by atoms with Crippen molar-refractivity contribution in [2.75, 3.05) is 6.26 Å². The van der Waals surface area contributed by atoms with Crippen LogP contribution in [0.3, 0.4) is 0 Å². The Bertz CT molecular complexity index is 715. The molecule has 96 valence electrons. The van der Waals surface area contributed by atoms with Crippen LogP contribution in [0.15, 0.2) is 24.3 Å². The fraction of sp³-hybridized carbons (Fsp3) is 0.385. The van der Waals surface area contributed by atoms with Gasteiger partial charge in [-0.15, -0.1) is 0 Å². The van der Waals surface area contributed by atoms with Gasteiger partial charge in [-0.3, -0.25) is 0 Å². The molecule has 0 bridgehead atoms. The average molecular weight is 265 g/mol. The van der Waals surface area contributed by atoms with E-state index in [2.05, 4.69) is 0 Å². The molecule has 18 heavy (non-hydrogen) atoms. The Hall–Kier alpha value is -1.33. The molecule has 1 aromatic carbocycles. The summed E-state index contributed by atoms with van der Waals surface area (Å²) in [6.07, 6.45) is 2.88. The molecule has 1 heterocycles. The number of hydrogen-bond acceptors (Lipinski definition) is 3. The second kappa shape index (κ2) is 3.83. The molecule has 0 fully saturated rings. The minimum atomic E-state index is -3.35. The van der Waals surface area contributed by atoms with E-state index in [4.69, 9.17) is 0 Å². The largest absolute Gasteiger partial charge is 0.388 e.